The van der Waals surface area contributed by atoms with Crippen LogP contribution in [0.2, 0.25) is 0 Å². The molecule has 1 unspecified atom stereocenters. The SMILES string of the molecule is CCCCCCCCC(O)Cc1c(C)cc(C)cc1C. The van der Waals surface area contributed by atoms with Crippen molar-refractivity contribution >= 4 is 0 Å². The zero-order valence-electron chi connectivity index (χ0n) is 13.8. The number of hydrogen-bond acceptors (Lipinski definition) is 1. The highest BCUT2D eigenvalue weighted by Crippen LogP contribution is 2.20. The average Bonchev–Trinajstić information content (AvgIpc) is 2.38. The van der Waals surface area contributed by atoms with Gasteiger partial charge in [-0.15, -0.1) is 0 Å². The van der Waals surface area contributed by atoms with Gasteiger partial charge in [-0.2, -0.15) is 0 Å². The Morgan fingerprint density at radius 2 is 1.45 bits per heavy atom. The van der Waals surface area contributed by atoms with Crippen molar-refractivity contribution in [3.8, 4) is 0 Å². The first-order chi connectivity index (χ1) is 9.54. The molecule has 0 spiro atoms. The Balaban J connectivity index is 2.34. The Morgan fingerprint density at radius 1 is 0.900 bits per heavy atom. The van der Waals surface area contributed by atoms with E-state index >= 15 is 0 Å². The summed E-state index contributed by atoms with van der Waals surface area (Å²) in [6.07, 6.45) is 9.33. The number of aliphatic hydroxyl groups excluding tert-OH is 1. The maximum atomic E-state index is 10.2. The summed E-state index contributed by atoms with van der Waals surface area (Å²) >= 11 is 0. The number of unbranched alkanes of at least 4 members (excludes halogenated alkanes) is 5. The summed E-state index contributed by atoms with van der Waals surface area (Å²) in [5, 5.41) is 10.2. The molecular formula is C19H32O. The van der Waals surface area contributed by atoms with Crippen molar-refractivity contribution in [2.45, 2.75) is 85.2 Å². The first kappa shape index (κ1) is 17.2. The molecule has 0 aliphatic rings. The molecule has 1 heteroatoms. The van der Waals surface area contributed by atoms with Gasteiger partial charge in [0.2, 0.25) is 0 Å². The van der Waals surface area contributed by atoms with E-state index in [0.717, 1.165) is 19.3 Å². The third-order valence-electron chi connectivity index (χ3n) is 4.17. The topological polar surface area (TPSA) is 20.2 Å². The number of benzene rings is 1. The van der Waals surface area contributed by atoms with Gasteiger partial charge in [-0.3, -0.25) is 0 Å². The molecule has 0 heterocycles. The van der Waals surface area contributed by atoms with Gasteiger partial charge in [-0.05, 0) is 50.3 Å². The Kier molecular flexibility index (Phi) is 7.91. The van der Waals surface area contributed by atoms with Crippen molar-refractivity contribution in [1.82, 2.24) is 0 Å². The second kappa shape index (κ2) is 9.18. The third kappa shape index (κ3) is 6.09. The summed E-state index contributed by atoms with van der Waals surface area (Å²) in [5.74, 6) is 0. The van der Waals surface area contributed by atoms with Crippen LogP contribution >= 0.6 is 0 Å². The minimum Gasteiger partial charge on any atom is -0.393 e. The molecule has 1 nitrogen and oxygen atoms in total. The second-order valence-electron chi connectivity index (χ2n) is 6.29. The van der Waals surface area contributed by atoms with Crippen molar-refractivity contribution in [2.24, 2.45) is 0 Å². The quantitative estimate of drug-likeness (QED) is 0.609. The number of aliphatic hydroxyl groups is 1. The first-order valence-corrected chi connectivity index (χ1v) is 8.29. The molecule has 1 rings (SSSR count). The Morgan fingerprint density at radius 3 is 2.05 bits per heavy atom. The molecule has 0 aliphatic carbocycles. The predicted molar refractivity (Wildman–Crippen MR) is 88.4 cm³/mol. The lowest BCUT2D eigenvalue weighted by atomic mass is 9.93. The maximum Gasteiger partial charge on any atom is 0.0580 e. The normalized spacial score (nSPS) is 12.7. The molecule has 0 aliphatic heterocycles. The van der Waals surface area contributed by atoms with E-state index in [1.165, 1.54) is 54.4 Å². The van der Waals surface area contributed by atoms with Crippen molar-refractivity contribution in [3.63, 3.8) is 0 Å². The maximum absolute atomic E-state index is 10.2. The summed E-state index contributed by atoms with van der Waals surface area (Å²) in [6.45, 7) is 8.70. The summed E-state index contributed by atoms with van der Waals surface area (Å²) in [4.78, 5) is 0. The first-order valence-electron chi connectivity index (χ1n) is 8.29. The molecule has 1 aromatic rings. The molecule has 114 valence electrons. The summed E-state index contributed by atoms with van der Waals surface area (Å²) in [6, 6.07) is 4.44. The molecule has 0 bridgehead atoms. The fraction of sp³-hybridized carbons (Fsp3) is 0.684. The zero-order valence-corrected chi connectivity index (χ0v) is 13.8. The van der Waals surface area contributed by atoms with Crippen LogP contribution in [0.4, 0.5) is 0 Å². The van der Waals surface area contributed by atoms with Crippen molar-refractivity contribution in [3.05, 3.63) is 34.4 Å². The lowest BCUT2D eigenvalue weighted by Gasteiger charge is -2.15. The smallest absolute Gasteiger partial charge is 0.0580 e. The molecule has 1 aromatic carbocycles. The summed E-state index contributed by atoms with van der Waals surface area (Å²) in [7, 11) is 0. The molecule has 0 aromatic heterocycles. The second-order valence-corrected chi connectivity index (χ2v) is 6.29. The van der Waals surface area contributed by atoms with Gasteiger partial charge < -0.3 is 5.11 Å². The number of aryl methyl sites for hydroxylation is 3. The fourth-order valence-electron chi connectivity index (χ4n) is 3.03. The van der Waals surface area contributed by atoms with Crippen molar-refractivity contribution in [2.75, 3.05) is 0 Å². The van der Waals surface area contributed by atoms with Crippen molar-refractivity contribution < 1.29 is 5.11 Å². The average molecular weight is 276 g/mol. The van der Waals surface area contributed by atoms with E-state index in [1.54, 1.807) is 0 Å². The van der Waals surface area contributed by atoms with Crippen LogP contribution in [0.15, 0.2) is 12.1 Å². The van der Waals surface area contributed by atoms with E-state index in [0.29, 0.717) is 0 Å². The Hall–Kier alpha value is -0.820. The predicted octanol–water partition coefficient (Wildman–Crippen LogP) is 5.27. The standard InChI is InChI=1S/C19H32O/c1-5-6-7-8-9-10-11-18(20)14-19-16(3)12-15(2)13-17(19)4/h12-13,18,20H,5-11,14H2,1-4H3. The van der Waals surface area contributed by atoms with Gasteiger partial charge in [0.05, 0.1) is 6.10 Å². The van der Waals surface area contributed by atoms with E-state index < -0.39 is 0 Å². The van der Waals surface area contributed by atoms with Crippen LogP contribution < -0.4 is 0 Å². The van der Waals surface area contributed by atoms with Crippen LogP contribution in [-0.4, -0.2) is 11.2 Å². The molecule has 0 radical (unpaired) electrons. The van der Waals surface area contributed by atoms with Gasteiger partial charge in [-0.25, -0.2) is 0 Å². The van der Waals surface area contributed by atoms with Crippen LogP contribution in [0.1, 0.15) is 74.1 Å². The van der Waals surface area contributed by atoms with Crippen LogP contribution in [0.25, 0.3) is 0 Å². The molecule has 1 atom stereocenters. The number of hydrogen-bond donors (Lipinski definition) is 1. The minimum absolute atomic E-state index is 0.179. The molecular weight excluding hydrogens is 244 g/mol. The highest BCUT2D eigenvalue weighted by atomic mass is 16.3. The van der Waals surface area contributed by atoms with Gasteiger partial charge in [0.1, 0.15) is 0 Å². The fourth-order valence-corrected chi connectivity index (χ4v) is 3.03. The number of rotatable bonds is 9. The third-order valence-corrected chi connectivity index (χ3v) is 4.17. The summed E-state index contributed by atoms with van der Waals surface area (Å²) in [5.41, 5.74) is 5.30. The highest BCUT2D eigenvalue weighted by molar-refractivity contribution is 5.37. The molecule has 20 heavy (non-hydrogen) atoms. The van der Waals surface area contributed by atoms with Crippen LogP contribution in [-0.2, 0) is 6.42 Å². The van der Waals surface area contributed by atoms with E-state index in [4.69, 9.17) is 0 Å². The minimum atomic E-state index is -0.179. The molecule has 0 amide bonds. The highest BCUT2D eigenvalue weighted by Gasteiger charge is 2.10. The van der Waals surface area contributed by atoms with Gasteiger partial charge in [-0.1, -0.05) is 63.1 Å². The molecule has 0 saturated carbocycles. The van der Waals surface area contributed by atoms with Crippen LogP contribution in [0.5, 0.6) is 0 Å². The summed E-state index contributed by atoms with van der Waals surface area (Å²) < 4.78 is 0. The lowest BCUT2D eigenvalue weighted by molar-refractivity contribution is 0.160. The largest absolute Gasteiger partial charge is 0.393 e. The Labute approximate surface area is 125 Å². The van der Waals surface area contributed by atoms with E-state index in [2.05, 4.69) is 39.8 Å². The van der Waals surface area contributed by atoms with Gasteiger partial charge in [0.25, 0.3) is 0 Å². The van der Waals surface area contributed by atoms with Gasteiger partial charge >= 0.3 is 0 Å². The molecule has 1 N–H and O–H groups in total. The van der Waals surface area contributed by atoms with Crippen LogP contribution in [0.3, 0.4) is 0 Å². The Bertz CT molecular complexity index is 372. The van der Waals surface area contributed by atoms with Crippen LogP contribution in [0, 0.1) is 20.8 Å². The zero-order chi connectivity index (χ0) is 15.0. The van der Waals surface area contributed by atoms with Gasteiger partial charge in [0.15, 0.2) is 0 Å². The van der Waals surface area contributed by atoms with E-state index in [1.807, 2.05) is 0 Å². The lowest BCUT2D eigenvalue weighted by Crippen LogP contribution is -2.12. The van der Waals surface area contributed by atoms with Gasteiger partial charge in [0, 0.05) is 0 Å². The van der Waals surface area contributed by atoms with E-state index in [9.17, 15) is 5.11 Å². The van der Waals surface area contributed by atoms with E-state index in [-0.39, 0.29) is 6.10 Å². The van der Waals surface area contributed by atoms with Crippen molar-refractivity contribution in [1.29, 1.82) is 0 Å². The molecule has 0 fully saturated rings. The monoisotopic (exact) mass is 276 g/mol. The molecule has 0 saturated heterocycles.